The summed E-state index contributed by atoms with van der Waals surface area (Å²) >= 11 is 0. The van der Waals surface area contributed by atoms with Crippen molar-refractivity contribution in [3.63, 3.8) is 0 Å². The van der Waals surface area contributed by atoms with Gasteiger partial charge in [0.2, 0.25) is 0 Å². The molecule has 0 saturated carbocycles. The van der Waals surface area contributed by atoms with E-state index in [1.54, 1.807) is 11.7 Å². The number of carbonyl (C=O) groups excluding carboxylic acids is 1. The molecule has 1 atom stereocenters. The number of methoxy groups -OCH3 is 1. The Bertz CT molecular complexity index is 595. The lowest BCUT2D eigenvalue weighted by molar-refractivity contribution is 0.0923. The maximum atomic E-state index is 12.2. The Hall–Kier alpha value is -1.05. The molecule has 1 rings (SSSR count). The minimum atomic E-state index is -3.86. The van der Waals surface area contributed by atoms with Crippen LogP contribution in [0.25, 0.3) is 0 Å². The highest BCUT2D eigenvalue weighted by Gasteiger charge is 2.21. The Balaban J connectivity index is 2.95. The second kappa shape index (κ2) is 7.29. The molecule has 1 aromatic heterocycles. The minimum absolute atomic E-state index is 0.0608. The summed E-state index contributed by atoms with van der Waals surface area (Å²) in [7, 11) is 3.07. The summed E-state index contributed by atoms with van der Waals surface area (Å²) in [6.07, 6.45) is 1.38. The van der Waals surface area contributed by atoms with Crippen LogP contribution < -0.4 is 5.32 Å². The van der Waals surface area contributed by atoms with Gasteiger partial charge in [0.1, 0.15) is 10.6 Å². The summed E-state index contributed by atoms with van der Waals surface area (Å²) in [6.45, 7) is 6.63. The lowest BCUT2D eigenvalue weighted by Crippen LogP contribution is -2.31. The molecule has 0 aliphatic rings. The normalized spacial score (nSPS) is 13.4. The van der Waals surface area contributed by atoms with Crippen LogP contribution in [-0.2, 0) is 13.8 Å². The number of nitrogens with one attached hydrogen (secondary N) is 1. The first-order valence-corrected chi connectivity index (χ1v) is 8.91. The molecule has 0 aliphatic carbocycles. The number of carbonyl (C=O) groups is 1. The maximum Gasteiger partial charge on any atom is 0.267 e. The minimum Gasteiger partial charge on any atom is -0.384 e. The first kappa shape index (κ1) is 18.0. The first-order chi connectivity index (χ1) is 9.66. The van der Waals surface area contributed by atoms with Gasteiger partial charge in [-0.1, -0.05) is 6.92 Å². The number of halogens is 1. The molecule has 120 valence electrons. The third-order valence-corrected chi connectivity index (χ3v) is 4.28. The van der Waals surface area contributed by atoms with Gasteiger partial charge in [-0.2, -0.15) is 0 Å². The van der Waals surface area contributed by atoms with Crippen LogP contribution in [0.5, 0.6) is 0 Å². The Morgan fingerprint density at radius 3 is 2.52 bits per heavy atom. The summed E-state index contributed by atoms with van der Waals surface area (Å²) < 4.78 is 29.4. The Labute approximate surface area is 129 Å². The Morgan fingerprint density at radius 1 is 1.43 bits per heavy atom. The molecule has 1 unspecified atom stereocenters. The van der Waals surface area contributed by atoms with Crippen molar-refractivity contribution < 1.29 is 17.9 Å². The van der Waals surface area contributed by atoms with Gasteiger partial charge in [0.05, 0.1) is 6.61 Å². The van der Waals surface area contributed by atoms with E-state index in [2.05, 4.69) is 5.32 Å². The van der Waals surface area contributed by atoms with E-state index in [-0.39, 0.29) is 28.5 Å². The monoisotopic (exact) mass is 336 g/mol. The molecule has 8 heteroatoms. The van der Waals surface area contributed by atoms with Gasteiger partial charge in [-0.15, -0.1) is 0 Å². The summed E-state index contributed by atoms with van der Waals surface area (Å²) in [4.78, 5) is 12.1. The molecule has 6 nitrogen and oxygen atoms in total. The highest BCUT2D eigenvalue weighted by molar-refractivity contribution is 8.13. The molecular formula is C13H21ClN2O4S. The van der Waals surface area contributed by atoms with Crippen LogP contribution in [0.1, 0.15) is 37.3 Å². The second-order valence-corrected chi connectivity index (χ2v) is 7.84. The van der Waals surface area contributed by atoms with Crippen LogP contribution in [-0.4, -0.2) is 39.2 Å². The van der Waals surface area contributed by atoms with Gasteiger partial charge in [-0.3, -0.25) is 4.79 Å². The highest BCUT2D eigenvalue weighted by atomic mass is 35.7. The number of nitrogens with zero attached hydrogens (tertiary/aromatic N) is 1. The fourth-order valence-electron chi connectivity index (χ4n) is 1.90. The van der Waals surface area contributed by atoms with Crippen LogP contribution >= 0.6 is 10.7 Å². The van der Waals surface area contributed by atoms with Crippen molar-refractivity contribution in [2.45, 2.75) is 31.7 Å². The highest BCUT2D eigenvalue weighted by Crippen LogP contribution is 2.21. The molecule has 1 aromatic rings. The molecule has 0 spiro atoms. The average molecular weight is 337 g/mol. The lowest BCUT2D eigenvalue weighted by Gasteiger charge is -2.14. The maximum absolute atomic E-state index is 12.2. The van der Waals surface area contributed by atoms with Gasteiger partial charge < -0.3 is 14.6 Å². The second-order valence-electron chi connectivity index (χ2n) is 5.27. The van der Waals surface area contributed by atoms with Gasteiger partial charge >= 0.3 is 0 Å². The number of hydrogen-bond acceptors (Lipinski definition) is 4. The summed E-state index contributed by atoms with van der Waals surface area (Å²) in [5.74, 6) is -0.170. The van der Waals surface area contributed by atoms with E-state index in [1.165, 1.54) is 12.3 Å². The predicted octanol–water partition coefficient (Wildman–Crippen LogP) is 2.01. The topological polar surface area (TPSA) is 77.4 Å². The number of amides is 1. The average Bonchev–Trinajstić information content (AvgIpc) is 2.81. The fourth-order valence-corrected chi connectivity index (χ4v) is 2.64. The number of aromatic nitrogens is 1. The zero-order chi connectivity index (χ0) is 16.2. The van der Waals surface area contributed by atoms with E-state index in [1.807, 2.05) is 20.8 Å². The van der Waals surface area contributed by atoms with Crippen molar-refractivity contribution >= 4 is 25.6 Å². The fraction of sp³-hybridized carbons (Fsp3) is 0.615. The molecule has 0 aliphatic heterocycles. The summed E-state index contributed by atoms with van der Waals surface area (Å²) in [5.41, 5.74) is 0.272. The lowest BCUT2D eigenvalue weighted by atomic mass is 10.2. The van der Waals surface area contributed by atoms with Crippen LogP contribution in [0.4, 0.5) is 0 Å². The third-order valence-electron chi connectivity index (χ3n) is 2.96. The van der Waals surface area contributed by atoms with E-state index in [9.17, 15) is 13.2 Å². The van der Waals surface area contributed by atoms with E-state index < -0.39 is 9.05 Å². The summed E-state index contributed by atoms with van der Waals surface area (Å²) in [5, 5.41) is 2.77. The van der Waals surface area contributed by atoms with E-state index in [4.69, 9.17) is 15.4 Å². The van der Waals surface area contributed by atoms with Crippen molar-refractivity contribution in [1.82, 2.24) is 9.88 Å². The quantitative estimate of drug-likeness (QED) is 0.773. The molecule has 1 N–H and O–H groups in total. The summed E-state index contributed by atoms with van der Waals surface area (Å²) in [6, 6.07) is 1.23. The smallest absolute Gasteiger partial charge is 0.267 e. The van der Waals surface area contributed by atoms with Crippen LogP contribution in [0.15, 0.2) is 17.2 Å². The molecule has 0 aromatic carbocycles. The van der Waals surface area contributed by atoms with Crippen LogP contribution in [0, 0.1) is 5.92 Å². The zero-order valence-corrected chi connectivity index (χ0v) is 14.2. The van der Waals surface area contributed by atoms with Gasteiger partial charge in [0.25, 0.3) is 15.0 Å². The number of ether oxygens (including phenoxy) is 1. The van der Waals surface area contributed by atoms with Crippen molar-refractivity contribution in [1.29, 1.82) is 0 Å². The van der Waals surface area contributed by atoms with E-state index in [0.717, 1.165) is 0 Å². The Kier molecular flexibility index (Phi) is 6.24. The number of hydrogen-bond donors (Lipinski definition) is 1. The van der Waals surface area contributed by atoms with Gasteiger partial charge in [0, 0.05) is 36.6 Å². The molecule has 1 amide bonds. The molecular weight excluding hydrogens is 316 g/mol. The van der Waals surface area contributed by atoms with Crippen LogP contribution in [0.2, 0.25) is 0 Å². The number of rotatable bonds is 7. The third kappa shape index (κ3) is 5.01. The van der Waals surface area contributed by atoms with Crippen molar-refractivity contribution in [3.8, 4) is 0 Å². The molecule has 21 heavy (non-hydrogen) atoms. The van der Waals surface area contributed by atoms with Gasteiger partial charge in [0.15, 0.2) is 0 Å². The van der Waals surface area contributed by atoms with Crippen molar-refractivity contribution in [3.05, 3.63) is 18.0 Å². The molecule has 1 heterocycles. The van der Waals surface area contributed by atoms with E-state index >= 15 is 0 Å². The molecule has 0 fully saturated rings. The molecule has 0 radical (unpaired) electrons. The Morgan fingerprint density at radius 2 is 2.05 bits per heavy atom. The van der Waals surface area contributed by atoms with E-state index in [0.29, 0.717) is 13.2 Å². The van der Waals surface area contributed by atoms with Gasteiger partial charge in [-0.05, 0) is 25.8 Å². The largest absolute Gasteiger partial charge is 0.384 e. The van der Waals surface area contributed by atoms with Crippen LogP contribution in [0.3, 0.4) is 0 Å². The molecule has 0 saturated heterocycles. The predicted molar refractivity (Wildman–Crippen MR) is 81.2 cm³/mol. The standard InChI is InChI=1S/C13H21ClN2O4S/c1-9(2)16-7-11(21(14,18)19)5-12(16)13(17)15-6-10(3)8-20-4/h5,7,9-10H,6,8H2,1-4H3,(H,15,17). The van der Waals surface area contributed by atoms with Crippen molar-refractivity contribution in [2.24, 2.45) is 5.92 Å². The van der Waals surface area contributed by atoms with Crippen molar-refractivity contribution in [2.75, 3.05) is 20.3 Å². The zero-order valence-electron chi connectivity index (χ0n) is 12.6. The first-order valence-electron chi connectivity index (χ1n) is 6.60. The SMILES string of the molecule is COCC(C)CNC(=O)c1cc(S(=O)(=O)Cl)cn1C(C)C. The van der Waals surface area contributed by atoms with Gasteiger partial charge in [-0.25, -0.2) is 8.42 Å². The molecule has 0 bridgehead atoms.